The van der Waals surface area contributed by atoms with Crippen molar-refractivity contribution in [3.8, 4) is 5.75 Å². The molecule has 4 nitrogen and oxygen atoms in total. The molecule has 2 N–H and O–H groups in total. The molecule has 0 saturated carbocycles. The molecule has 19 heavy (non-hydrogen) atoms. The minimum absolute atomic E-state index is 0.0356. The van der Waals surface area contributed by atoms with Crippen LogP contribution in [0, 0.1) is 0 Å². The van der Waals surface area contributed by atoms with E-state index in [9.17, 15) is 4.79 Å². The molecule has 0 saturated heterocycles. The van der Waals surface area contributed by atoms with E-state index in [-0.39, 0.29) is 18.6 Å². The lowest BCUT2D eigenvalue weighted by molar-refractivity contribution is -0.145. The van der Waals surface area contributed by atoms with Gasteiger partial charge >= 0.3 is 5.97 Å². The summed E-state index contributed by atoms with van der Waals surface area (Å²) in [5.74, 6) is 0.390. The first-order valence-electron chi connectivity index (χ1n) is 6.85. The van der Waals surface area contributed by atoms with Gasteiger partial charge in [-0.3, -0.25) is 0 Å². The van der Waals surface area contributed by atoms with Gasteiger partial charge in [-0.05, 0) is 55.9 Å². The first kappa shape index (κ1) is 13.9. The molecule has 0 amide bonds. The second-order valence-electron chi connectivity index (χ2n) is 4.88. The van der Waals surface area contributed by atoms with E-state index in [1.54, 1.807) is 6.92 Å². The van der Waals surface area contributed by atoms with Crippen LogP contribution in [0.25, 0.3) is 0 Å². The number of hydrogen-bond donors (Lipinski definition) is 1. The molecule has 1 aliphatic carbocycles. The fourth-order valence-electron chi connectivity index (χ4n) is 2.41. The molecule has 0 aliphatic heterocycles. The van der Waals surface area contributed by atoms with E-state index in [1.807, 2.05) is 12.1 Å². The zero-order valence-electron chi connectivity index (χ0n) is 11.4. The van der Waals surface area contributed by atoms with Gasteiger partial charge in [0.2, 0.25) is 0 Å². The van der Waals surface area contributed by atoms with Crippen molar-refractivity contribution in [2.24, 2.45) is 5.73 Å². The van der Waals surface area contributed by atoms with Crippen LogP contribution in [0.5, 0.6) is 5.75 Å². The average Bonchev–Trinajstić information content (AvgIpc) is 2.57. The maximum Gasteiger partial charge on any atom is 0.344 e. The van der Waals surface area contributed by atoms with Crippen molar-refractivity contribution in [1.82, 2.24) is 0 Å². The zero-order chi connectivity index (χ0) is 13.7. The third-order valence-electron chi connectivity index (χ3n) is 3.34. The summed E-state index contributed by atoms with van der Waals surface area (Å²) in [7, 11) is 0. The molecule has 2 rings (SSSR count). The van der Waals surface area contributed by atoms with Crippen LogP contribution in [0.1, 0.15) is 30.9 Å². The molecule has 0 radical (unpaired) electrons. The number of nitrogens with two attached hydrogens (primary N) is 1. The second-order valence-corrected chi connectivity index (χ2v) is 4.88. The normalized spacial score (nSPS) is 18.3. The third-order valence-corrected chi connectivity index (χ3v) is 3.34. The Morgan fingerprint density at radius 2 is 2.26 bits per heavy atom. The highest BCUT2D eigenvalue weighted by molar-refractivity contribution is 5.71. The molecular formula is C15H21NO3. The average molecular weight is 263 g/mol. The number of carbonyl (C=O) groups excluding carboxylic acids is 1. The highest BCUT2D eigenvalue weighted by Crippen LogP contribution is 2.24. The molecular weight excluding hydrogens is 242 g/mol. The topological polar surface area (TPSA) is 61.5 Å². The van der Waals surface area contributed by atoms with Crippen LogP contribution < -0.4 is 10.5 Å². The molecule has 1 aromatic rings. The van der Waals surface area contributed by atoms with Gasteiger partial charge in [0.05, 0.1) is 6.61 Å². The van der Waals surface area contributed by atoms with Crippen LogP contribution in [0.15, 0.2) is 18.2 Å². The predicted octanol–water partition coefficient (Wildman–Crippen LogP) is 1.83. The largest absolute Gasteiger partial charge is 0.482 e. The fourth-order valence-corrected chi connectivity index (χ4v) is 2.41. The van der Waals surface area contributed by atoms with Gasteiger partial charge < -0.3 is 15.2 Å². The molecule has 0 aromatic heterocycles. The first-order chi connectivity index (χ1) is 9.19. The van der Waals surface area contributed by atoms with Crippen LogP contribution in [-0.4, -0.2) is 25.2 Å². The van der Waals surface area contributed by atoms with Crippen LogP contribution in [-0.2, 0) is 22.4 Å². The van der Waals surface area contributed by atoms with Gasteiger partial charge in [-0.25, -0.2) is 4.79 Å². The number of rotatable bonds is 4. The van der Waals surface area contributed by atoms with Gasteiger partial charge in [-0.15, -0.1) is 0 Å². The maximum absolute atomic E-state index is 11.2. The Morgan fingerprint density at radius 3 is 3.05 bits per heavy atom. The van der Waals surface area contributed by atoms with Gasteiger partial charge in [0.25, 0.3) is 0 Å². The van der Waals surface area contributed by atoms with Crippen molar-refractivity contribution in [2.75, 3.05) is 13.2 Å². The smallest absolute Gasteiger partial charge is 0.344 e. The van der Waals surface area contributed by atoms with Gasteiger partial charge in [-0.2, -0.15) is 0 Å². The Balaban J connectivity index is 2.00. The molecule has 0 bridgehead atoms. The van der Waals surface area contributed by atoms with Crippen LogP contribution in [0.2, 0.25) is 0 Å². The first-order valence-corrected chi connectivity index (χ1v) is 6.85. The Labute approximate surface area is 113 Å². The molecule has 0 spiro atoms. The number of carbonyl (C=O) groups is 1. The summed E-state index contributed by atoms with van der Waals surface area (Å²) in [6.07, 6.45) is 4.12. The number of aryl methyl sites for hydroxylation is 1. The fraction of sp³-hybridized carbons (Fsp3) is 0.533. The van der Waals surface area contributed by atoms with E-state index in [2.05, 4.69) is 6.07 Å². The molecule has 1 aliphatic rings. The van der Waals surface area contributed by atoms with Gasteiger partial charge in [-0.1, -0.05) is 6.07 Å². The van der Waals surface area contributed by atoms with Gasteiger partial charge in [0.1, 0.15) is 5.75 Å². The Bertz CT molecular complexity index is 445. The van der Waals surface area contributed by atoms with E-state index in [1.165, 1.54) is 11.1 Å². The zero-order valence-corrected chi connectivity index (χ0v) is 11.4. The monoisotopic (exact) mass is 263 g/mol. The van der Waals surface area contributed by atoms with E-state index in [4.69, 9.17) is 15.2 Å². The maximum atomic E-state index is 11.2. The molecule has 0 heterocycles. The minimum atomic E-state index is -0.334. The van der Waals surface area contributed by atoms with Crippen molar-refractivity contribution in [2.45, 2.75) is 38.6 Å². The van der Waals surface area contributed by atoms with E-state index in [0.717, 1.165) is 31.4 Å². The molecule has 1 unspecified atom stereocenters. The van der Waals surface area contributed by atoms with E-state index >= 15 is 0 Å². The second kappa shape index (κ2) is 6.57. The quantitative estimate of drug-likeness (QED) is 0.665. The molecule has 0 fully saturated rings. The molecule has 1 aromatic carbocycles. The Hall–Kier alpha value is -1.55. The molecule has 1 atom stereocenters. The highest BCUT2D eigenvalue weighted by Gasteiger charge is 2.14. The van der Waals surface area contributed by atoms with Crippen molar-refractivity contribution < 1.29 is 14.3 Å². The van der Waals surface area contributed by atoms with Crippen LogP contribution in [0.4, 0.5) is 0 Å². The third kappa shape index (κ3) is 3.96. The molecule has 104 valence electrons. The van der Waals surface area contributed by atoms with Gasteiger partial charge in [0.15, 0.2) is 6.61 Å². The van der Waals surface area contributed by atoms with Crippen molar-refractivity contribution in [3.63, 3.8) is 0 Å². The van der Waals surface area contributed by atoms with Crippen LogP contribution >= 0.6 is 0 Å². The van der Waals surface area contributed by atoms with Gasteiger partial charge in [0, 0.05) is 6.04 Å². The van der Waals surface area contributed by atoms with Crippen molar-refractivity contribution in [3.05, 3.63) is 29.3 Å². The SMILES string of the molecule is CCOC(=O)COc1ccc2c(c1)CCCC(N)C2. The Morgan fingerprint density at radius 1 is 1.42 bits per heavy atom. The van der Waals surface area contributed by atoms with Crippen LogP contribution in [0.3, 0.4) is 0 Å². The summed E-state index contributed by atoms with van der Waals surface area (Å²) in [4.78, 5) is 11.2. The summed E-state index contributed by atoms with van der Waals surface area (Å²) in [6, 6.07) is 6.23. The number of esters is 1. The lowest BCUT2D eigenvalue weighted by atomic mass is 10.0. The minimum Gasteiger partial charge on any atom is -0.482 e. The van der Waals surface area contributed by atoms with Crippen molar-refractivity contribution >= 4 is 5.97 Å². The standard InChI is InChI=1S/C15H21NO3/c1-2-18-15(17)10-19-14-7-6-12-8-13(16)5-3-4-11(12)9-14/h6-7,9,13H,2-5,8,10,16H2,1H3. The molecule has 4 heteroatoms. The summed E-state index contributed by atoms with van der Waals surface area (Å²) in [5, 5.41) is 0. The summed E-state index contributed by atoms with van der Waals surface area (Å²) >= 11 is 0. The summed E-state index contributed by atoms with van der Waals surface area (Å²) in [6.45, 7) is 2.12. The number of hydrogen-bond acceptors (Lipinski definition) is 4. The van der Waals surface area contributed by atoms with E-state index in [0.29, 0.717) is 6.61 Å². The van der Waals surface area contributed by atoms with E-state index < -0.39 is 0 Å². The highest BCUT2D eigenvalue weighted by atomic mass is 16.6. The lowest BCUT2D eigenvalue weighted by Crippen LogP contribution is -2.21. The summed E-state index contributed by atoms with van der Waals surface area (Å²) < 4.78 is 10.3. The number of benzene rings is 1. The predicted molar refractivity (Wildman–Crippen MR) is 73.2 cm³/mol. The Kier molecular flexibility index (Phi) is 4.80. The number of fused-ring (bicyclic) bond motifs is 1. The lowest BCUT2D eigenvalue weighted by Gasteiger charge is -2.11. The summed E-state index contributed by atoms with van der Waals surface area (Å²) in [5.41, 5.74) is 8.61. The number of ether oxygens (including phenoxy) is 2. The van der Waals surface area contributed by atoms with Crippen molar-refractivity contribution in [1.29, 1.82) is 0 Å².